The molecule has 18 heavy (non-hydrogen) atoms. The van der Waals surface area contributed by atoms with Crippen molar-refractivity contribution in [1.82, 2.24) is 4.90 Å². The molecule has 0 spiro atoms. The summed E-state index contributed by atoms with van der Waals surface area (Å²) in [4.78, 5) is 2.50. The number of hydrogen-bond donors (Lipinski definition) is 1. The van der Waals surface area contributed by atoms with Crippen molar-refractivity contribution in [3.05, 3.63) is 0 Å². The summed E-state index contributed by atoms with van der Waals surface area (Å²) >= 11 is 0. The Hall–Kier alpha value is -0.120. The molecule has 1 N–H and O–H groups in total. The van der Waals surface area contributed by atoms with Crippen LogP contribution >= 0.6 is 0 Å². The van der Waals surface area contributed by atoms with E-state index in [0.717, 1.165) is 32.5 Å². The molecule has 0 bridgehead atoms. The first-order valence-corrected chi connectivity index (χ1v) is 7.48. The zero-order valence-corrected chi connectivity index (χ0v) is 12.6. The maximum absolute atomic E-state index is 10.7. The van der Waals surface area contributed by atoms with Crippen LogP contribution in [-0.2, 0) is 4.74 Å². The molecule has 0 aromatic heterocycles. The van der Waals surface area contributed by atoms with Gasteiger partial charge in [-0.05, 0) is 51.6 Å². The minimum Gasteiger partial charge on any atom is -0.391 e. The van der Waals surface area contributed by atoms with E-state index in [1.54, 1.807) is 7.11 Å². The number of methoxy groups -OCH3 is 1. The molecule has 1 fully saturated rings. The Morgan fingerprint density at radius 1 is 1.28 bits per heavy atom. The van der Waals surface area contributed by atoms with Crippen LogP contribution < -0.4 is 0 Å². The van der Waals surface area contributed by atoms with E-state index < -0.39 is 0 Å². The third-order valence-corrected chi connectivity index (χ3v) is 4.75. The predicted molar refractivity (Wildman–Crippen MR) is 75.8 cm³/mol. The second-order valence-corrected chi connectivity index (χ2v) is 5.96. The first-order valence-electron chi connectivity index (χ1n) is 7.48. The standard InChI is InChI=1S/C15H31NO2/c1-5-15(3,16-10-7-6-8-11-16)14(17)13(2)9-12-18-4/h13-14,17H,5-12H2,1-4H3. The van der Waals surface area contributed by atoms with Crippen molar-refractivity contribution < 1.29 is 9.84 Å². The summed E-state index contributed by atoms with van der Waals surface area (Å²) in [6.45, 7) is 9.57. The maximum atomic E-state index is 10.7. The van der Waals surface area contributed by atoms with E-state index in [-0.39, 0.29) is 17.6 Å². The van der Waals surface area contributed by atoms with E-state index in [4.69, 9.17) is 4.74 Å². The third-order valence-electron chi connectivity index (χ3n) is 4.75. The van der Waals surface area contributed by atoms with Crippen LogP contribution in [0.2, 0.25) is 0 Å². The van der Waals surface area contributed by atoms with Crippen LogP contribution in [0.4, 0.5) is 0 Å². The fourth-order valence-electron chi connectivity index (χ4n) is 3.10. The van der Waals surface area contributed by atoms with E-state index in [9.17, 15) is 5.11 Å². The summed E-state index contributed by atoms with van der Waals surface area (Å²) in [5.74, 6) is 0.289. The Balaban J connectivity index is 2.65. The molecule has 0 saturated carbocycles. The summed E-state index contributed by atoms with van der Waals surface area (Å²) in [5, 5.41) is 10.7. The Bertz CT molecular complexity index is 229. The number of rotatable bonds is 7. The lowest BCUT2D eigenvalue weighted by Gasteiger charge is -2.47. The number of piperidine rings is 1. The number of hydrogen-bond acceptors (Lipinski definition) is 3. The number of nitrogens with zero attached hydrogens (tertiary/aromatic N) is 1. The van der Waals surface area contributed by atoms with Crippen LogP contribution in [0.3, 0.4) is 0 Å². The average Bonchev–Trinajstić information content (AvgIpc) is 2.43. The van der Waals surface area contributed by atoms with E-state index >= 15 is 0 Å². The second-order valence-electron chi connectivity index (χ2n) is 5.96. The van der Waals surface area contributed by atoms with Gasteiger partial charge in [0.15, 0.2) is 0 Å². The van der Waals surface area contributed by atoms with Gasteiger partial charge in [-0.2, -0.15) is 0 Å². The highest BCUT2D eigenvalue weighted by molar-refractivity contribution is 4.95. The van der Waals surface area contributed by atoms with Gasteiger partial charge in [0.05, 0.1) is 6.10 Å². The van der Waals surface area contributed by atoms with Gasteiger partial charge in [-0.3, -0.25) is 4.90 Å². The quantitative estimate of drug-likeness (QED) is 0.761. The highest BCUT2D eigenvalue weighted by Gasteiger charge is 2.40. The molecule has 1 rings (SSSR count). The molecule has 0 aromatic rings. The van der Waals surface area contributed by atoms with Crippen molar-refractivity contribution in [3.63, 3.8) is 0 Å². The van der Waals surface area contributed by atoms with Crippen LogP contribution in [0, 0.1) is 5.92 Å². The van der Waals surface area contributed by atoms with Gasteiger partial charge in [0.2, 0.25) is 0 Å². The van der Waals surface area contributed by atoms with Crippen molar-refractivity contribution in [1.29, 1.82) is 0 Å². The molecule has 1 heterocycles. The lowest BCUT2D eigenvalue weighted by Crippen LogP contribution is -2.57. The van der Waals surface area contributed by atoms with Crippen LogP contribution in [0.25, 0.3) is 0 Å². The maximum Gasteiger partial charge on any atom is 0.0747 e. The van der Waals surface area contributed by atoms with Gasteiger partial charge in [0, 0.05) is 19.3 Å². The van der Waals surface area contributed by atoms with E-state index in [2.05, 4.69) is 25.7 Å². The molecule has 108 valence electrons. The Kier molecular flexibility index (Phi) is 6.61. The molecule has 0 radical (unpaired) electrons. The number of aliphatic hydroxyl groups excluding tert-OH is 1. The minimum absolute atomic E-state index is 0.0758. The van der Waals surface area contributed by atoms with Gasteiger partial charge in [-0.25, -0.2) is 0 Å². The SMILES string of the molecule is CCC(C)(C(O)C(C)CCOC)N1CCCCC1. The summed E-state index contributed by atoms with van der Waals surface area (Å²) in [6.07, 6.45) is 5.55. The molecule has 1 aliphatic rings. The molecule has 3 nitrogen and oxygen atoms in total. The molecule has 0 aliphatic carbocycles. The fraction of sp³-hybridized carbons (Fsp3) is 1.00. The molecule has 1 aliphatic heterocycles. The average molecular weight is 257 g/mol. The Morgan fingerprint density at radius 3 is 2.39 bits per heavy atom. The highest BCUT2D eigenvalue weighted by atomic mass is 16.5. The van der Waals surface area contributed by atoms with Crippen molar-refractivity contribution in [2.75, 3.05) is 26.8 Å². The molecule has 0 aromatic carbocycles. The summed E-state index contributed by atoms with van der Waals surface area (Å²) in [7, 11) is 1.72. The fourth-order valence-corrected chi connectivity index (χ4v) is 3.10. The number of likely N-dealkylation sites (tertiary alicyclic amines) is 1. The molecular formula is C15H31NO2. The van der Waals surface area contributed by atoms with Crippen LogP contribution in [0.1, 0.15) is 52.9 Å². The predicted octanol–water partition coefficient (Wildman–Crippen LogP) is 2.67. The van der Waals surface area contributed by atoms with Crippen molar-refractivity contribution in [2.24, 2.45) is 5.92 Å². The zero-order chi connectivity index (χ0) is 13.6. The monoisotopic (exact) mass is 257 g/mol. The van der Waals surface area contributed by atoms with Crippen molar-refractivity contribution in [2.45, 2.75) is 64.5 Å². The lowest BCUT2D eigenvalue weighted by molar-refractivity contribution is -0.0627. The summed E-state index contributed by atoms with van der Waals surface area (Å²) in [5.41, 5.74) is -0.0758. The number of aliphatic hydroxyl groups is 1. The molecule has 1 saturated heterocycles. The van der Waals surface area contributed by atoms with Crippen molar-refractivity contribution in [3.8, 4) is 0 Å². The van der Waals surface area contributed by atoms with Crippen LogP contribution in [-0.4, -0.2) is 48.5 Å². The smallest absolute Gasteiger partial charge is 0.0747 e. The normalized spacial score (nSPS) is 24.5. The van der Waals surface area contributed by atoms with E-state index in [0.29, 0.717) is 0 Å². The molecule has 3 unspecified atom stereocenters. The molecule has 3 heteroatoms. The molecular weight excluding hydrogens is 226 g/mol. The second kappa shape index (κ2) is 7.46. The van der Waals surface area contributed by atoms with Gasteiger partial charge in [0.25, 0.3) is 0 Å². The lowest BCUT2D eigenvalue weighted by atomic mass is 9.80. The topological polar surface area (TPSA) is 32.7 Å². The van der Waals surface area contributed by atoms with Gasteiger partial charge >= 0.3 is 0 Å². The van der Waals surface area contributed by atoms with E-state index in [1.165, 1.54) is 19.3 Å². The Morgan fingerprint density at radius 2 is 1.89 bits per heavy atom. The third kappa shape index (κ3) is 3.69. The highest BCUT2D eigenvalue weighted by Crippen LogP contribution is 2.31. The van der Waals surface area contributed by atoms with Gasteiger partial charge in [0.1, 0.15) is 0 Å². The summed E-state index contributed by atoms with van der Waals surface area (Å²) < 4.78 is 5.13. The Labute approximate surface area is 113 Å². The van der Waals surface area contributed by atoms with Crippen LogP contribution in [0.15, 0.2) is 0 Å². The van der Waals surface area contributed by atoms with E-state index in [1.807, 2.05) is 0 Å². The molecule has 3 atom stereocenters. The van der Waals surface area contributed by atoms with Crippen molar-refractivity contribution >= 4 is 0 Å². The molecule has 0 amide bonds. The number of ether oxygens (including phenoxy) is 1. The largest absolute Gasteiger partial charge is 0.391 e. The summed E-state index contributed by atoms with van der Waals surface area (Å²) in [6, 6.07) is 0. The van der Waals surface area contributed by atoms with Gasteiger partial charge in [-0.15, -0.1) is 0 Å². The minimum atomic E-state index is -0.268. The first kappa shape index (κ1) is 15.9. The zero-order valence-electron chi connectivity index (χ0n) is 12.6. The van der Waals surface area contributed by atoms with Gasteiger partial charge < -0.3 is 9.84 Å². The van der Waals surface area contributed by atoms with Gasteiger partial charge in [-0.1, -0.05) is 20.3 Å². The first-order chi connectivity index (χ1) is 8.56. The van der Waals surface area contributed by atoms with Crippen LogP contribution in [0.5, 0.6) is 0 Å².